The molecule has 0 saturated carbocycles. The zero-order valence-corrected chi connectivity index (χ0v) is 16.9. The van der Waals surface area contributed by atoms with Gasteiger partial charge in [-0.2, -0.15) is 0 Å². The fourth-order valence-corrected chi connectivity index (χ4v) is 3.88. The summed E-state index contributed by atoms with van der Waals surface area (Å²) < 4.78 is 7.14. The fourth-order valence-electron chi connectivity index (χ4n) is 2.70. The van der Waals surface area contributed by atoms with Crippen LogP contribution in [0.3, 0.4) is 0 Å². The van der Waals surface area contributed by atoms with Gasteiger partial charge >= 0.3 is 0 Å². The highest BCUT2D eigenvalue weighted by Crippen LogP contribution is 2.29. The Bertz CT molecular complexity index is 941. The van der Waals surface area contributed by atoms with Gasteiger partial charge < -0.3 is 9.30 Å². The first-order chi connectivity index (χ1) is 13.0. The molecular formula is C20H20ClN3O2S. The molecule has 0 fully saturated rings. The third-order valence-electron chi connectivity index (χ3n) is 4.14. The Labute approximate surface area is 167 Å². The second kappa shape index (κ2) is 8.59. The Hall–Kier alpha value is -2.31. The topological polar surface area (TPSA) is 57.0 Å². The van der Waals surface area contributed by atoms with Crippen molar-refractivity contribution in [1.82, 2.24) is 14.8 Å². The molecule has 0 aliphatic heterocycles. The number of benzene rings is 2. The van der Waals surface area contributed by atoms with Crippen molar-refractivity contribution in [2.24, 2.45) is 0 Å². The molecule has 3 rings (SSSR count). The number of nitrogens with zero attached hydrogens (tertiary/aromatic N) is 3. The summed E-state index contributed by atoms with van der Waals surface area (Å²) in [6, 6.07) is 14.6. The number of hydrogen-bond donors (Lipinski definition) is 0. The highest BCUT2D eigenvalue weighted by molar-refractivity contribution is 8.00. The van der Waals surface area contributed by atoms with Gasteiger partial charge in [-0.15, -0.1) is 10.2 Å². The lowest BCUT2D eigenvalue weighted by Gasteiger charge is -2.12. The van der Waals surface area contributed by atoms with Gasteiger partial charge in [-0.3, -0.25) is 4.79 Å². The number of Topliss-reactive ketones (excluding diaryl/α,β-unsaturated/α-hetero) is 1. The van der Waals surface area contributed by atoms with Crippen molar-refractivity contribution in [3.63, 3.8) is 0 Å². The van der Waals surface area contributed by atoms with E-state index in [2.05, 4.69) is 10.2 Å². The average Bonchev–Trinajstić information content (AvgIpc) is 3.10. The first kappa shape index (κ1) is 19.5. The molecule has 27 heavy (non-hydrogen) atoms. The van der Waals surface area contributed by atoms with Gasteiger partial charge in [0.1, 0.15) is 5.75 Å². The van der Waals surface area contributed by atoms with E-state index >= 15 is 0 Å². The molecule has 5 nitrogen and oxygen atoms in total. The van der Waals surface area contributed by atoms with Crippen LogP contribution >= 0.6 is 23.4 Å². The van der Waals surface area contributed by atoms with Gasteiger partial charge in [0, 0.05) is 22.7 Å². The second-order valence-corrected chi connectivity index (χ2v) is 7.66. The SMILES string of the molecule is CCn1c(S[C@H](C)C(=O)c2ccc(OC)cc2)nnc1-c1cccc(Cl)c1. The number of ether oxygens (including phenoxy) is 1. The fraction of sp³-hybridized carbons (Fsp3) is 0.250. The van der Waals surface area contributed by atoms with E-state index in [1.54, 1.807) is 31.4 Å². The maximum atomic E-state index is 12.7. The van der Waals surface area contributed by atoms with Crippen LogP contribution in [0.4, 0.5) is 0 Å². The zero-order valence-electron chi connectivity index (χ0n) is 15.3. The lowest BCUT2D eigenvalue weighted by atomic mass is 10.1. The van der Waals surface area contributed by atoms with Crippen molar-refractivity contribution >= 4 is 29.1 Å². The van der Waals surface area contributed by atoms with Crippen LogP contribution in [0.1, 0.15) is 24.2 Å². The van der Waals surface area contributed by atoms with Gasteiger partial charge in [0.15, 0.2) is 16.8 Å². The van der Waals surface area contributed by atoms with Crippen LogP contribution < -0.4 is 4.74 Å². The summed E-state index contributed by atoms with van der Waals surface area (Å²) in [5.41, 5.74) is 1.55. The van der Waals surface area contributed by atoms with Crippen LogP contribution in [0.2, 0.25) is 5.02 Å². The largest absolute Gasteiger partial charge is 0.497 e. The van der Waals surface area contributed by atoms with Crippen LogP contribution in [0, 0.1) is 0 Å². The Morgan fingerprint density at radius 2 is 1.96 bits per heavy atom. The Morgan fingerprint density at radius 3 is 2.59 bits per heavy atom. The van der Waals surface area contributed by atoms with Crippen molar-refractivity contribution in [2.45, 2.75) is 30.8 Å². The molecule has 140 valence electrons. The summed E-state index contributed by atoms with van der Waals surface area (Å²) in [7, 11) is 1.60. The minimum Gasteiger partial charge on any atom is -0.497 e. The number of thioether (sulfide) groups is 1. The number of carbonyl (C=O) groups excluding carboxylic acids is 1. The van der Waals surface area contributed by atoms with Crippen molar-refractivity contribution in [2.75, 3.05) is 7.11 Å². The Kier molecular flexibility index (Phi) is 6.19. The molecule has 0 aliphatic rings. The lowest BCUT2D eigenvalue weighted by Crippen LogP contribution is -2.14. The first-order valence-corrected chi connectivity index (χ1v) is 9.83. The monoisotopic (exact) mass is 401 g/mol. The molecule has 1 atom stereocenters. The van der Waals surface area contributed by atoms with Gasteiger partial charge in [0.05, 0.1) is 12.4 Å². The van der Waals surface area contributed by atoms with E-state index < -0.39 is 0 Å². The molecule has 2 aromatic carbocycles. The van der Waals surface area contributed by atoms with Crippen LogP contribution in [-0.2, 0) is 6.54 Å². The molecule has 0 radical (unpaired) electrons. The van der Waals surface area contributed by atoms with Crippen molar-refractivity contribution in [1.29, 1.82) is 0 Å². The summed E-state index contributed by atoms with van der Waals surface area (Å²) >= 11 is 7.50. The van der Waals surface area contributed by atoms with Crippen LogP contribution in [-0.4, -0.2) is 32.9 Å². The molecule has 7 heteroatoms. The average molecular weight is 402 g/mol. The van der Waals surface area contributed by atoms with E-state index in [4.69, 9.17) is 16.3 Å². The summed E-state index contributed by atoms with van der Waals surface area (Å²) in [6.07, 6.45) is 0. The van der Waals surface area contributed by atoms with Gasteiger partial charge in [0.2, 0.25) is 0 Å². The van der Waals surface area contributed by atoms with Crippen molar-refractivity contribution < 1.29 is 9.53 Å². The smallest absolute Gasteiger partial charge is 0.192 e. The molecule has 1 aromatic heterocycles. The Morgan fingerprint density at radius 1 is 1.22 bits per heavy atom. The second-order valence-electron chi connectivity index (χ2n) is 5.91. The van der Waals surface area contributed by atoms with Gasteiger partial charge in [-0.05, 0) is 50.2 Å². The molecule has 3 aromatic rings. The molecule has 0 N–H and O–H groups in total. The number of aromatic nitrogens is 3. The predicted octanol–water partition coefficient (Wildman–Crippen LogP) is 4.99. The number of rotatable bonds is 7. The van der Waals surface area contributed by atoms with E-state index in [9.17, 15) is 4.79 Å². The standard InChI is InChI=1S/C20H20ClN3O2S/c1-4-24-19(15-6-5-7-16(21)12-15)22-23-20(24)27-13(2)18(25)14-8-10-17(26-3)11-9-14/h5-13H,4H2,1-3H3/t13-/m1/s1. The third-order valence-corrected chi connectivity index (χ3v) is 5.46. The molecular weight excluding hydrogens is 382 g/mol. The molecule has 0 bridgehead atoms. The van der Waals surface area contributed by atoms with Crippen molar-refractivity contribution in [3.8, 4) is 17.1 Å². The minimum absolute atomic E-state index is 0.0395. The molecule has 0 spiro atoms. The summed E-state index contributed by atoms with van der Waals surface area (Å²) in [5, 5.41) is 9.68. The quantitative estimate of drug-likeness (QED) is 0.412. The predicted molar refractivity (Wildman–Crippen MR) is 109 cm³/mol. The lowest BCUT2D eigenvalue weighted by molar-refractivity contribution is 0.0994. The zero-order chi connectivity index (χ0) is 19.4. The van der Waals surface area contributed by atoms with E-state index in [1.807, 2.05) is 42.7 Å². The van der Waals surface area contributed by atoms with Crippen LogP contribution in [0.15, 0.2) is 53.7 Å². The minimum atomic E-state index is -0.292. The summed E-state index contributed by atoms with van der Waals surface area (Å²) in [5.74, 6) is 1.51. The highest BCUT2D eigenvalue weighted by atomic mass is 35.5. The number of halogens is 1. The number of ketones is 1. The maximum absolute atomic E-state index is 12.7. The van der Waals surface area contributed by atoms with Gasteiger partial charge in [-0.25, -0.2) is 0 Å². The van der Waals surface area contributed by atoms with Gasteiger partial charge in [0.25, 0.3) is 0 Å². The number of methoxy groups -OCH3 is 1. The van der Waals surface area contributed by atoms with E-state index in [0.29, 0.717) is 22.3 Å². The van der Waals surface area contributed by atoms with Crippen molar-refractivity contribution in [3.05, 3.63) is 59.1 Å². The highest BCUT2D eigenvalue weighted by Gasteiger charge is 2.21. The Balaban J connectivity index is 1.81. The first-order valence-electron chi connectivity index (χ1n) is 8.57. The van der Waals surface area contributed by atoms with E-state index in [0.717, 1.165) is 17.1 Å². The van der Waals surface area contributed by atoms with E-state index in [1.165, 1.54) is 11.8 Å². The molecule has 0 aliphatic carbocycles. The van der Waals surface area contributed by atoms with Crippen LogP contribution in [0.25, 0.3) is 11.4 Å². The molecule has 1 heterocycles. The summed E-state index contributed by atoms with van der Waals surface area (Å²) in [4.78, 5) is 12.7. The summed E-state index contributed by atoms with van der Waals surface area (Å²) in [6.45, 7) is 4.60. The third kappa shape index (κ3) is 4.34. The van der Waals surface area contributed by atoms with Crippen LogP contribution in [0.5, 0.6) is 5.75 Å². The molecule has 0 saturated heterocycles. The number of hydrogen-bond acceptors (Lipinski definition) is 5. The maximum Gasteiger partial charge on any atom is 0.192 e. The normalized spacial score (nSPS) is 12.0. The number of carbonyl (C=O) groups is 1. The van der Waals surface area contributed by atoms with Gasteiger partial charge in [-0.1, -0.05) is 35.5 Å². The molecule has 0 amide bonds. The molecule has 0 unspecified atom stereocenters. The van der Waals surface area contributed by atoms with E-state index in [-0.39, 0.29) is 11.0 Å².